The molecule has 19 heavy (non-hydrogen) atoms. The van der Waals surface area contributed by atoms with Crippen LogP contribution in [0.4, 0.5) is 0 Å². The van der Waals surface area contributed by atoms with E-state index in [4.69, 9.17) is 9.26 Å². The van der Waals surface area contributed by atoms with E-state index in [0.717, 1.165) is 42.6 Å². The van der Waals surface area contributed by atoms with Gasteiger partial charge in [-0.2, -0.15) is 0 Å². The Kier molecular flexibility index (Phi) is 3.07. The number of hydrogen-bond acceptors (Lipinski definition) is 4. The number of methoxy groups -OCH3 is 1. The Bertz CT molecular complexity index is 616. The van der Waals surface area contributed by atoms with Crippen LogP contribution in [0.25, 0.3) is 11.3 Å². The number of carbonyl (C=O) groups excluding carboxylic acids is 1. The summed E-state index contributed by atoms with van der Waals surface area (Å²) in [5.41, 5.74) is 3.48. The van der Waals surface area contributed by atoms with Crippen LogP contribution in [0.5, 0.6) is 0 Å². The zero-order valence-corrected chi connectivity index (χ0v) is 10.8. The molecule has 4 heteroatoms. The van der Waals surface area contributed by atoms with Crippen LogP contribution in [-0.4, -0.2) is 18.2 Å². The maximum atomic E-state index is 11.7. The summed E-state index contributed by atoms with van der Waals surface area (Å²) in [4.78, 5) is 11.7. The molecule has 1 heterocycles. The van der Waals surface area contributed by atoms with Crippen LogP contribution in [0.15, 0.2) is 28.8 Å². The SMILES string of the molecule is COC(=O)c1noc2c1CCCCc1ccccc1-2. The van der Waals surface area contributed by atoms with Gasteiger partial charge in [0.05, 0.1) is 7.11 Å². The summed E-state index contributed by atoms with van der Waals surface area (Å²) in [7, 11) is 1.36. The molecular formula is C15H15NO3. The average Bonchev–Trinajstić information content (AvgIpc) is 2.83. The Labute approximate surface area is 111 Å². The summed E-state index contributed by atoms with van der Waals surface area (Å²) in [6.45, 7) is 0. The number of esters is 1. The topological polar surface area (TPSA) is 52.3 Å². The molecule has 3 rings (SSSR count). The molecule has 0 bridgehead atoms. The molecule has 0 atom stereocenters. The van der Waals surface area contributed by atoms with Crippen molar-refractivity contribution in [1.29, 1.82) is 0 Å². The normalized spacial score (nSPS) is 13.9. The van der Waals surface area contributed by atoms with Gasteiger partial charge in [0.1, 0.15) is 0 Å². The second-order valence-electron chi connectivity index (χ2n) is 4.69. The van der Waals surface area contributed by atoms with E-state index in [1.54, 1.807) is 0 Å². The number of benzene rings is 1. The van der Waals surface area contributed by atoms with Crippen molar-refractivity contribution in [2.24, 2.45) is 0 Å². The summed E-state index contributed by atoms with van der Waals surface area (Å²) in [5.74, 6) is 0.291. The van der Waals surface area contributed by atoms with Gasteiger partial charge in [-0.25, -0.2) is 4.79 Å². The van der Waals surface area contributed by atoms with E-state index in [2.05, 4.69) is 11.2 Å². The second kappa shape index (κ2) is 4.88. The highest BCUT2D eigenvalue weighted by molar-refractivity contribution is 5.90. The number of fused-ring (bicyclic) bond motifs is 3. The summed E-state index contributed by atoms with van der Waals surface area (Å²) >= 11 is 0. The molecule has 0 spiro atoms. The number of ether oxygens (including phenoxy) is 1. The first kappa shape index (κ1) is 12.0. The first-order valence-electron chi connectivity index (χ1n) is 6.46. The molecule has 1 aromatic carbocycles. The zero-order valence-electron chi connectivity index (χ0n) is 10.8. The molecule has 0 unspecified atom stereocenters. The fourth-order valence-electron chi connectivity index (χ4n) is 2.59. The third kappa shape index (κ3) is 2.03. The molecule has 0 saturated carbocycles. The van der Waals surface area contributed by atoms with E-state index < -0.39 is 5.97 Å². The fraction of sp³-hybridized carbons (Fsp3) is 0.333. The van der Waals surface area contributed by atoms with E-state index in [1.165, 1.54) is 12.7 Å². The van der Waals surface area contributed by atoms with Crippen molar-refractivity contribution in [3.05, 3.63) is 41.1 Å². The Morgan fingerprint density at radius 2 is 2.05 bits per heavy atom. The van der Waals surface area contributed by atoms with Gasteiger partial charge in [0.15, 0.2) is 11.5 Å². The summed E-state index contributed by atoms with van der Waals surface area (Å²) < 4.78 is 10.2. The minimum atomic E-state index is -0.428. The third-order valence-corrected chi connectivity index (χ3v) is 3.55. The van der Waals surface area contributed by atoms with Crippen molar-refractivity contribution in [3.63, 3.8) is 0 Å². The number of hydrogen-bond donors (Lipinski definition) is 0. The maximum Gasteiger partial charge on any atom is 0.360 e. The largest absolute Gasteiger partial charge is 0.464 e. The van der Waals surface area contributed by atoms with E-state index in [9.17, 15) is 4.79 Å². The first-order chi connectivity index (χ1) is 9.31. The molecule has 1 aliphatic carbocycles. The lowest BCUT2D eigenvalue weighted by Crippen LogP contribution is -2.07. The highest BCUT2D eigenvalue weighted by Crippen LogP contribution is 2.33. The van der Waals surface area contributed by atoms with Gasteiger partial charge < -0.3 is 9.26 Å². The standard InChI is InChI=1S/C15H15NO3/c1-18-15(17)13-12-9-5-3-7-10-6-2-4-8-11(10)14(12)19-16-13/h2,4,6,8H,3,5,7,9H2,1H3. The molecular weight excluding hydrogens is 242 g/mol. The molecule has 0 N–H and O–H groups in total. The fourth-order valence-corrected chi connectivity index (χ4v) is 2.59. The quantitative estimate of drug-likeness (QED) is 0.737. The van der Waals surface area contributed by atoms with Crippen molar-refractivity contribution < 1.29 is 14.1 Å². The van der Waals surface area contributed by atoms with Crippen molar-refractivity contribution in [3.8, 4) is 11.3 Å². The molecule has 2 aromatic rings. The van der Waals surface area contributed by atoms with Crippen LogP contribution < -0.4 is 0 Å². The van der Waals surface area contributed by atoms with Crippen LogP contribution in [0.2, 0.25) is 0 Å². The predicted octanol–water partition coefficient (Wildman–Crippen LogP) is 3.01. The van der Waals surface area contributed by atoms with E-state index in [0.29, 0.717) is 5.69 Å². The Hall–Kier alpha value is -2.10. The van der Waals surface area contributed by atoms with Crippen LogP contribution in [-0.2, 0) is 17.6 Å². The molecule has 4 nitrogen and oxygen atoms in total. The molecule has 0 fully saturated rings. The second-order valence-corrected chi connectivity index (χ2v) is 4.69. The van der Waals surface area contributed by atoms with Crippen LogP contribution >= 0.6 is 0 Å². The Balaban J connectivity index is 2.17. The van der Waals surface area contributed by atoms with Gasteiger partial charge in [0, 0.05) is 11.1 Å². The van der Waals surface area contributed by atoms with Gasteiger partial charge in [-0.05, 0) is 31.2 Å². The first-order valence-corrected chi connectivity index (χ1v) is 6.46. The highest BCUT2D eigenvalue weighted by Gasteiger charge is 2.25. The van der Waals surface area contributed by atoms with Crippen LogP contribution in [0, 0.1) is 0 Å². The highest BCUT2D eigenvalue weighted by atomic mass is 16.5. The average molecular weight is 257 g/mol. The monoisotopic (exact) mass is 257 g/mol. The lowest BCUT2D eigenvalue weighted by molar-refractivity contribution is 0.0588. The van der Waals surface area contributed by atoms with Gasteiger partial charge in [0.25, 0.3) is 0 Å². The Morgan fingerprint density at radius 3 is 2.89 bits per heavy atom. The van der Waals surface area contributed by atoms with Crippen molar-refractivity contribution in [2.45, 2.75) is 25.7 Å². The summed E-state index contributed by atoms with van der Waals surface area (Å²) in [5, 5.41) is 3.90. The lowest BCUT2D eigenvalue weighted by atomic mass is 9.92. The zero-order chi connectivity index (χ0) is 13.2. The Morgan fingerprint density at radius 1 is 1.26 bits per heavy atom. The predicted molar refractivity (Wildman–Crippen MR) is 69.9 cm³/mol. The molecule has 1 aliphatic rings. The third-order valence-electron chi connectivity index (χ3n) is 3.55. The van der Waals surface area contributed by atoms with E-state index >= 15 is 0 Å². The van der Waals surface area contributed by atoms with Crippen molar-refractivity contribution >= 4 is 5.97 Å². The van der Waals surface area contributed by atoms with Gasteiger partial charge in [-0.3, -0.25) is 0 Å². The molecule has 0 amide bonds. The number of aryl methyl sites for hydroxylation is 1. The number of carbonyl (C=O) groups is 1. The van der Waals surface area contributed by atoms with E-state index in [-0.39, 0.29) is 0 Å². The minimum absolute atomic E-state index is 0.314. The summed E-state index contributed by atoms with van der Waals surface area (Å²) in [6, 6.07) is 8.12. The number of rotatable bonds is 1. The van der Waals surface area contributed by atoms with Crippen molar-refractivity contribution in [2.75, 3.05) is 7.11 Å². The van der Waals surface area contributed by atoms with Gasteiger partial charge in [-0.15, -0.1) is 0 Å². The lowest BCUT2D eigenvalue weighted by Gasteiger charge is -2.12. The molecule has 0 radical (unpaired) electrons. The van der Waals surface area contributed by atoms with Gasteiger partial charge in [-0.1, -0.05) is 29.4 Å². The molecule has 0 aliphatic heterocycles. The van der Waals surface area contributed by atoms with E-state index in [1.807, 2.05) is 18.2 Å². The van der Waals surface area contributed by atoms with Crippen molar-refractivity contribution in [1.82, 2.24) is 5.16 Å². The number of aromatic nitrogens is 1. The smallest absolute Gasteiger partial charge is 0.360 e. The minimum Gasteiger partial charge on any atom is -0.464 e. The molecule has 98 valence electrons. The number of nitrogens with zero attached hydrogens (tertiary/aromatic N) is 1. The summed E-state index contributed by atoms with van der Waals surface area (Å²) in [6.07, 6.45) is 3.95. The molecule has 1 aromatic heterocycles. The molecule has 0 saturated heterocycles. The van der Waals surface area contributed by atoms with Gasteiger partial charge >= 0.3 is 5.97 Å². The maximum absolute atomic E-state index is 11.7. The van der Waals surface area contributed by atoms with Crippen LogP contribution in [0.3, 0.4) is 0 Å². The van der Waals surface area contributed by atoms with Crippen LogP contribution in [0.1, 0.15) is 34.5 Å². The van der Waals surface area contributed by atoms with Gasteiger partial charge in [0.2, 0.25) is 0 Å².